The predicted octanol–water partition coefficient (Wildman–Crippen LogP) is 5.49. The van der Waals surface area contributed by atoms with Crippen molar-refractivity contribution in [2.75, 3.05) is 0 Å². The fourth-order valence-electron chi connectivity index (χ4n) is 4.34. The first-order chi connectivity index (χ1) is 14.5. The van der Waals surface area contributed by atoms with Gasteiger partial charge in [0.25, 0.3) is 0 Å². The molecule has 33 heavy (non-hydrogen) atoms. The van der Waals surface area contributed by atoms with Gasteiger partial charge in [0, 0.05) is 35.9 Å². The monoisotopic (exact) mass is 467 g/mol. The lowest BCUT2D eigenvalue weighted by Gasteiger charge is -2.40. The molecule has 0 aliphatic heterocycles. The average Bonchev–Trinajstić information content (AvgIpc) is 2.50. The molecule has 194 valence electrons. The van der Waals surface area contributed by atoms with Crippen LogP contribution in [-0.2, 0) is 14.4 Å². The van der Waals surface area contributed by atoms with Crippen molar-refractivity contribution in [3.63, 3.8) is 0 Å². The van der Waals surface area contributed by atoms with Gasteiger partial charge in [0.15, 0.2) is 0 Å². The van der Waals surface area contributed by atoms with E-state index in [2.05, 4.69) is 36.7 Å². The zero-order valence-electron chi connectivity index (χ0n) is 23.7. The summed E-state index contributed by atoms with van der Waals surface area (Å²) < 4.78 is 0. The molecule has 0 saturated heterocycles. The van der Waals surface area contributed by atoms with Gasteiger partial charge in [0.1, 0.15) is 0 Å². The third-order valence-electron chi connectivity index (χ3n) is 5.10. The highest BCUT2D eigenvalue weighted by Gasteiger charge is 2.36. The van der Waals surface area contributed by atoms with E-state index in [0.717, 1.165) is 6.42 Å². The summed E-state index contributed by atoms with van der Waals surface area (Å²) in [7, 11) is 0. The molecule has 0 fully saturated rings. The summed E-state index contributed by atoms with van der Waals surface area (Å²) in [5.41, 5.74) is -1.14. The first-order valence-electron chi connectivity index (χ1n) is 12.4. The molecule has 3 amide bonds. The second-order valence-electron chi connectivity index (χ2n) is 14.1. The highest BCUT2D eigenvalue weighted by molar-refractivity contribution is 5.78. The average molecular weight is 468 g/mol. The van der Waals surface area contributed by atoms with E-state index in [1.165, 1.54) is 0 Å². The summed E-state index contributed by atoms with van der Waals surface area (Å²) in [6.45, 7) is 24.3. The molecule has 0 saturated carbocycles. The molecule has 0 radical (unpaired) electrons. The molecule has 3 N–H and O–H groups in total. The van der Waals surface area contributed by atoms with Gasteiger partial charge in [0.05, 0.1) is 0 Å². The normalized spacial score (nSPS) is 13.5. The Balaban J connectivity index is 5.71. The van der Waals surface area contributed by atoms with Gasteiger partial charge in [0.2, 0.25) is 17.7 Å². The molecule has 0 spiro atoms. The minimum atomic E-state index is -0.289. The Morgan fingerprint density at radius 2 is 0.727 bits per heavy atom. The Morgan fingerprint density at radius 3 is 0.909 bits per heavy atom. The molecule has 0 atom stereocenters. The first-order valence-corrected chi connectivity index (χ1v) is 12.4. The molecule has 6 heteroatoms. The van der Waals surface area contributed by atoms with Gasteiger partial charge >= 0.3 is 0 Å². The number of nitrogens with one attached hydrogen (secondary N) is 3. The van der Waals surface area contributed by atoms with Crippen molar-refractivity contribution in [1.82, 2.24) is 16.0 Å². The van der Waals surface area contributed by atoms with Crippen LogP contribution in [-0.4, -0.2) is 34.3 Å². The maximum atomic E-state index is 12.7. The number of hydrogen-bond donors (Lipinski definition) is 3. The molecule has 0 aromatic carbocycles. The number of carbonyl (C=O) groups is 3. The largest absolute Gasteiger partial charge is 0.352 e. The van der Waals surface area contributed by atoms with Crippen LogP contribution < -0.4 is 16.0 Å². The third-order valence-corrected chi connectivity index (χ3v) is 5.10. The van der Waals surface area contributed by atoms with Gasteiger partial charge in [-0.05, 0) is 98.8 Å². The lowest BCUT2D eigenvalue weighted by atomic mass is 9.66. The fourth-order valence-corrected chi connectivity index (χ4v) is 4.34. The lowest BCUT2D eigenvalue weighted by Crippen LogP contribution is -2.43. The van der Waals surface area contributed by atoms with Crippen LogP contribution in [0, 0.1) is 10.8 Å². The fraction of sp³-hybridized carbons (Fsp3) is 0.889. The predicted molar refractivity (Wildman–Crippen MR) is 138 cm³/mol. The number of hydrogen-bond acceptors (Lipinski definition) is 3. The lowest BCUT2D eigenvalue weighted by molar-refractivity contribution is -0.123. The summed E-state index contributed by atoms with van der Waals surface area (Å²) in [6.07, 6.45) is 3.95. The maximum Gasteiger partial charge on any atom is 0.220 e. The minimum Gasteiger partial charge on any atom is -0.352 e. The quantitative estimate of drug-likeness (QED) is 0.397. The van der Waals surface area contributed by atoms with E-state index in [9.17, 15) is 14.4 Å². The van der Waals surface area contributed by atoms with Crippen molar-refractivity contribution in [2.45, 2.75) is 145 Å². The molecule has 0 aromatic rings. The summed E-state index contributed by atoms with van der Waals surface area (Å²) >= 11 is 0. The van der Waals surface area contributed by atoms with Gasteiger partial charge < -0.3 is 16.0 Å². The van der Waals surface area contributed by atoms with Crippen molar-refractivity contribution >= 4 is 17.7 Å². The van der Waals surface area contributed by atoms with E-state index < -0.39 is 0 Å². The SMILES string of the molecule is CC(C)(C)CC(CCC(=O)NC(C)(C)C)(CCC(=O)NC(C)(C)C)CCC(=O)NC(C)(C)C. The van der Waals surface area contributed by atoms with Crippen molar-refractivity contribution in [2.24, 2.45) is 10.8 Å². The molecular formula is C27H53N3O3. The zero-order chi connectivity index (χ0) is 26.3. The second kappa shape index (κ2) is 11.7. The molecule has 0 bridgehead atoms. The van der Waals surface area contributed by atoms with Crippen LogP contribution in [0.1, 0.15) is 128 Å². The standard InChI is InChI=1S/C27H53N3O3/c1-23(2,3)19-27(16-13-20(31)28-24(4,5)6,17-14-21(32)29-25(7,8)9)18-15-22(33)30-26(10,11)12/h13-19H2,1-12H3,(H,28,31)(H,29,32)(H,30,33). The van der Waals surface area contributed by atoms with Crippen LogP contribution in [0.2, 0.25) is 0 Å². The summed E-state index contributed by atoms with van der Waals surface area (Å²) in [6, 6.07) is 0. The molecule has 0 unspecified atom stereocenters. The van der Waals surface area contributed by atoms with E-state index in [1.54, 1.807) is 0 Å². The Labute approximate surface area is 203 Å². The minimum absolute atomic E-state index is 0.00150. The van der Waals surface area contributed by atoms with E-state index in [1.807, 2.05) is 62.3 Å². The van der Waals surface area contributed by atoms with Crippen LogP contribution in [0.4, 0.5) is 0 Å². The highest BCUT2D eigenvalue weighted by atomic mass is 16.2. The van der Waals surface area contributed by atoms with Crippen molar-refractivity contribution < 1.29 is 14.4 Å². The Hall–Kier alpha value is -1.59. The Kier molecular flexibility index (Phi) is 11.1. The van der Waals surface area contributed by atoms with Crippen LogP contribution in [0.15, 0.2) is 0 Å². The van der Waals surface area contributed by atoms with E-state index >= 15 is 0 Å². The molecule has 6 nitrogen and oxygen atoms in total. The van der Waals surface area contributed by atoms with Crippen LogP contribution >= 0.6 is 0 Å². The van der Waals surface area contributed by atoms with Gasteiger partial charge in [-0.2, -0.15) is 0 Å². The van der Waals surface area contributed by atoms with Crippen LogP contribution in [0.25, 0.3) is 0 Å². The van der Waals surface area contributed by atoms with Gasteiger partial charge in [-0.1, -0.05) is 20.8 Å². The number of rotatable bonds is 10. The molecule has 0 rings (SSSR count). The Morgan fingerprint density at radius 1 is 0.485 bits per heavy atom. The molecule has 0 aliphatic rings. The smallest absolute Gasteiger partial charge is 0.220 e. The van der Waals surface area contributed by atoms with Crippen LogP contribution in [0.5, 0.6) is 0 Å². The first kappa shape index (κ1) is 31.4. The third kappa shape index (κ3) is 17.5. The zero-order valence-corrected chi connectivity index (χ0v) is 23.7. The summed E-state index contributed by atoms with van der Waals surface area (Å²) in [4.78, 5) is 38.0. The molecule has 0 aliphatic carbocycles. The second-order valence-corrected chi connectivity index (χ2v) is 14.1. The topological polar surface area (TPSA) is 87.3 Å². The van der Waals surface area contributed by atoms with Crippen LogP contribution in [0.3, 0.4) is 0 Å². The van der Waals surface area contributed by atoms with Gasteiger partial charge in [-0.25, -0.2) is 0 Å². The maximum absolute atomic E-state index is 12.7. The summed E-state index contributed by atoms with van der Waals surface area (Å²) in [5.74, 6) is 0.0391. The van der Waals surface area contributed by atoms with E-state index in [-0.39, 0.29) is 45.2 Å². The summed E-state index contributed by atoms with van der Waals surface area (Å²) in [5, 5.41) is 9.15. The highest BCUT2D eigenvalue weighted by Crippen LogP contribution is 2.45. The van der Waals surface area contributed by atoms with E-state index in [0.29, 0.717) is 38.5 Å². The number of carbonyl (C=O) groups excluding carboxylic acids is 3. The van der Waals surface area contributed by atoms with Gasteiger partial charge in [-0.3, -0.25) is 14.4 Å². The van der Waals surface area contributed by atoms with E-state index in [4.69, 9.17) is 0 Å². The number of amides is 3. The molecule has 0 heterocycles. The van der Waals surface area contributed by atoms with Gasteiger partial charge in [-0.15, -0.1) is 0 Å². The van der Waals surface area contributed by atoms with Crippen molar-refractivity contribution in [3.05, 3.63) is 0 Å². The molecular weight excluding hydrogens is 414 g/mol. The molecule has 0 aromatic heterocycles. The van der Waals surface area contributed by atoms with Crippen molar-refractivity contribution in [3.8, 4) is 0 Å². The Bertz CT molecular complexity index is 577. The van der Waals surface area contributed by atoms with Crippen molar-refractivity contribution in [1.29, 1.82) is 0 Å².